The van der Waals surface area contributed by atoms with Crippen molar-refractivity contribution in [2.24, 2.45) is 11.7 Å². The summed E-state index contributed by atoms with van der Waals surface area (Å²) in [6.07, 6.45) is 7.90. The van der Waals surface area contributed by atoms with Crippen LogP contribution < -0.4 is 15.9 Å². The summed E-state index contributed by atoms with van der Waals surface area (Å²) in [6, 6.07) is 12.1. The van der Waals surface area contributed by atoms with Gasteiger partial charge >= 0.3 is 6.03 Å². The zero-order valence-electron chi connectivity index (χ0n) is 20.5. The molecule has 9 nitrogen and oxygen atoms in total. The maximum Gasteiger partial charge on any atom is 0.332 e. The molecule has 1 heterocycles. The van der Waals surface area contributed by atoms with E-state index in [0.717, 1.165) is 62.1 Å². The van der Waals surface area contributed by atoms with Gasteiger partial charge in [-0.1, -0.05) is 56.0 Å². The zero-order chi connectivity index (χ0) is 24.8. The van der Waals surface area contributed by atoms with Crippen LogP contribution in [0.4, 0.5) is 4.79 Å². The van der Waals surface area contributed by atoms with Crippen LogP contribution >= 0.6 is 12.4 Å². The Bertz CT molecular complexity index is 1150. The lowest BCUT2D eigenvalue weighted by atomic mass is 9.98. The minimum Gasteiger partial charge on any atom is -0.370 e. The van der Waals surface area contributed by atoms with Gasteiger partial charge in [0.1, 0.15) is 0 Å². The number of rotatable bonds is 6. The third-order valence-corrected chi connectivity index (χ3v) is 8.33. The van der Waals surface area contributed by atoms with Crippen molar-refractivity contribution in [3.05, 3.63) is 42.5 Å². The fraction of sp³-hybridized carbons (Fsp3) is 0.520. The van der Waals surface area contributed by atoms with E-state index in [-0.39, 0.29) is 41.8 Å². The monoisotopic (exact) mass is 536 g/mol. The molecule has 0 aromatic heterocycles. The SMILES string of the molecule is Cl.N=C(N)N1CCCC(CN(NS(=O)(=O)c2ccc3ccccc3c2)C(=O)NC2CCCCCC2)C1. The highest BCUT2D eigenvalue weighted by Gasteiger charge is 2.29. The first kappa shape index (κ1) is 28.0. The largest absolute Gasteiger partial charge is 0.370 e. The number of hydrazine groups is 1. The number of sulfonamides is 1. The number of benzene rings is 2. The Morgan fingerprint density at radius 2 is 1.72 bits per heavy atom. The molecule has 5 N–H and O–H groups in total. The first-order valence-corrected chi connectivity index (χ1v) is 14.0. The Labute approximate surface area is 219 Å². The van der Waals surface area contributed by atoms with Crippen LogP contribution in [0.15, 0.2) is 47.4 Å². The van der Waals surface area contributed by atoms with Gasteiger partial charge in [0.25, 0.3) is 10.0 Å². The molecule has 1 saturated heterocycles. The lowest BCUT2D eigenvalue weighted by molar-refractivity contribution is 0.151. The Kier molecular flexibility index (Phi) is 9.81. The van der Waals surface area contributed by atoms with Crippen molar-refractivity contribution in [3.63, 3.8) is 0 Å². The predicted octanol–water partition coefficient (Wildman–Crippen LogP) is 3.79. The van der Waals surface area contributed by atoms with Crippen molar-refractivity contribution in [3.8, 4) is 0 Å². The molecule has 2 aromatic carbocycles. The van der Waals surface area contributed by atoms with Gasteiger partial charge in [0.2, 0.25) is 0 Å². The van der Waals surface area contributed by atoms with Gasteiger partial charge in [0.05, 0.1) is 4.90 Å². The molecule has 1 aliphatic heterocycles. The first-order chi connectivity index (χ1) is 16.8. The fourth-order valence-corrected chi connectivity index (χ4v) is 6.14. The van der Waals surface area contributed by atoms with Crippen molar-refractivity contribution < 1.29 is 13.2 Å². The second kappa shape index (κ2) is 12.6. The van der Waals surface area contributed by atoms with Crippen molar-refractivity contribution in [1.29, 1.82) is 5.41 Å². The van der Waals surface area contributed by atoms with E-state index in [4.69, 9.17) is 11.1 Å². The summed E-state index contributed by atoms with van der Waals surface area (Å²) in [5.74, 6) is -0.00672. The molecule has 0 spiro atoms. The van der Waals surface area contributed by atoms with E-state index in [1.807, 2.05) is 24.3 Å². The molecule has 1 unspecified atom stereocenters. The summed E-state index contributed by atoms with van der Waals surface area (Å²) in [6.45, 7) is 1.41. The molecule has 36 heavy (non-hydrogen) atoms. The molecule has 11 heteroatoms. The molecule has 0 radical (unpaired) electrons. The van der Waals surface area contributed by atoms with Crippen LogP contribution in [0.1, 0.15) is 51.4 Å². The highest BCUT2D eigenvalue weighted by molar-refractivity contribution is 7.89. The van der Waals surface area contributed by atoms with Gasteiger partial charge in [-0.3, -0.25) is 5.41 Å². The van der Waals surface area contributed by atoms with Crippen LogP contribution in [0, 0.1) is 11.3 Å². The van der Waals surface area contributed by atoms with Gasteiger partial charge in [-0.2, -0.15) is 0 Å². The quantitative estimate of drug-likeness (QED) is 0.193. The van der Waals surface area contributed by atoms with Crippen molar-refractivity contribution in [2.75, 3.05) is 19.6 Å². The number of carbonyl (C=O) groups is 1. The molecule has 2 aromatic rings. The fourth-order valence-electron chi connectivity index (χ4n) is 5.06. The number of halogens is 1. The van der Waals surface area contributed by atoms with Crippen LogP contribution in [0.5, 0.6) is 0 Å². The molecule has 2 amide bonds. The number of nitrogens with one attached hydrogen (secondary N) is 3. The zero-order valence-corrected chi connectivity index (χ0v) is 22.1. The minimum absolute atomic E-state index is 0. The predicted molar refractivity (Wildman–Crippen MR) is 144 cm³/mol. The summed E-state index contributed by atoms with van der Waals surface area (Å²) in [4.78, 5) is 17.8. The third-order valence-electron chi connectivity index (χ3n) is 6.99. The number of nitrogens with zero attached hydrogens (tertiary/aromatic N) is 2. The molecule has 0 bridgehead atoms. The third kappa shape index (κ3) is 7.24. The molecular weight excluding hydrogens is 500 g/mol. The Balaban J connectivity index is 0.00000361. The molecule has 1 saturated carbocycles. The average molecular weight is 537 g/mol. The molecule has 4 rings (SSSR count). The molecule has 1 atom stereocenters. The Morgan fingerprint density at radius 3 is 2.42 bits per heavy atom. The van der Waals surface area contributed by atoms with Crippen molar-refractivity contribution >= 4 is 45.2 Å². The van der Waals surface area contributed by atoms with E-state index < -0.39 is 16.1 Å². The maximum atomic E-state index is 13.4. The van der Waals surface area contributed by atoms with Crippen LogP contribution in [0.2, 0.25) is 0 Å². The Morgan fingerprint density at radius 1 is 1.03 bits per heavy atom. The van der Waals surface area contributed by atoms with Crippen molar-refractivity contribution in [2.45, 2.75) is 62.3 Å². The summed E-state index contributed by atoms with van der Waals surface area (Å²) >= 11 is 0. The first-order valence-electron chi connectivity index (χ1n) is 12.5. The number of likely N-dealkylation sites (tertiary alicyclic amines) is 1. The van der Waals surface area contributed by atoms with E-state index in [9.17, 15) is 13.2 Å². The van der Waals surface area contributed by atoms with Crippen LogP contribution in [0.3, 0.4) is 0 Å². The molecule has 2 fully saturated rings. The topological polar surface area (TPSA) is 132 Å². The van der Waals surface area contributed by atoms with Gasteiger partial charge in [-0.15, -0.1) is 17.2 Å². The van der Waals surface area contributed by atoms with Gasteiger partial charge in [0.15, 0.2) is 5.96 Å². The van der Waals surface area contributed by atoms with Crippen molar-refractivity contribution in [1.82, 2.24) is 20.1 Å². The number of amides is 2. The number of hydrogen-bond donors (Lipinski definition) is 4. The molecule has 1 aliphatic carbocycles. The summed E-state index contributed by atoms with van der Waals surface area (Å²) in [7, 11) is -3.99. The lowest BCUT2D eigenvalue weighted by Crippen LogP contribution is -2.56. The summed E-state index contributed by atoms with van der Waals surface area (Å²) < 4.78 is 26.7. The number of carbonyl (C=O) groups excluding carboxylic acids is 1. The normalized spacial score (nSPS) is 19.2. The van der Waals surface area contributed by atoms with Crippen LogP contribution in [-0.2, 0) is 10.0 Å². The van der Waals surface area contributed by atoms with E-state index in [0.29, 0.717) is 13.1 Å². The lowest BCUT2D eigenvalue weighted by Gasteiger charge is -2.36. The molecular formula is C25H37ClN6O3S. The second-order valence-electron chi connectivity index (χ2n) is 9.69. The van der Waals surface area contributed by atoms with Gasteiger partial charge in [-0.25, -0.2) is 18.2 Å². The highest BCUT2D eigenvalue weighted by atomic mass is 35.5. The van der Waals surface area contributed by atoms with Gasteiger partial charge in [-0.05, 0) is 54.5 Å². The number of guanidine groups is 1. The van der Waals surface area contributed by atoms with E-state index in [2.05, 4.69) is 10.1 Å². The number of fused-ring (bicyclic) bond motifs is 1. The van der Waals surface area contributed by atoms with Gasteiger partial charge in [0, 0.05) is 25.7 Å². The maximum absolute atomic E-state index is 13.4. The number of piperidine rings is 1. The summed E-state index contributed by atoms with van der Waals surface area (Å²) in [5.41, 5.74) is 5.69. The number of nitrogens with two attached hydrogens (primary N) is 1. The summed E-state index contributed by atoms with van der Waals surface area (Å²) in [5, 5.41) is 13.8. The number of hydrogen-bond acceptors (Lipinski definition) is 4. The van der Waals surface area contributed by atoms with E-state index in [1.54, 1.807) is 23.1 Å². The van der Waals surface area contributed by atoms with Gasteiger partial charge < -0.3 is 16.0 Å². The second-order valence-corrected chi connectivity index (χ2v) is 11.4. The molecule has 198 valence electrons. The average Bonchev–Trinajstić information content (AvgIpc) is 3.12. The van der Waals surface area contributed by atoms with Crippen LogP contribution in [-0.4, -0.2) is 56.0 Å². The van der Waals surface area contributed by atoms with E-state index >= 15 is 0 Å². The minimum atomic E-state index is -3.99. The standard InChI is InChI=1S/C25H36N6O3S.ClH/c26-24(27)30-15-7-8-19(17-30)18-31(25(32)28-22-11-3-1-2-4-12-22)29-35(33,34)23-14-13-20-9-5-6-10-21(20)16-23;/h5-6,9-10,13-14,16,19,22,29H,1-4,7-8,11-12,15,17-18H2,(H3,26,27)(H,28,32);1H. The highest BCUT2D eigenvalue weighted by Crippen LogP contribution is 2.22. The molecule has 2 aliphatic rings. The van der Waals surface area contributed by atoms with Crippen LogP contribution in [0.25, 0.3) is 10.8 Å². The Hall–Kier alpha value is -2.56. The smallest absolute Gasteiger partial charge is 0.332 e. The number of urea groups is 1. The van der Waals surface area contributed by atoms with E-state index in [1.165, 1.54) is 5.01 Å².